The average Bonchev–Trinajstić information content (AvgIpc) is 3.35. The fourth-order valence-electron chi connectivity index (χ4n) is 10.1. The maximum absolute atomic E-state index is 13.7. The first-order valence-corrected chi connectivity index (χ1v) is 22.2. The predicted molar refractivity (Wildman–Crippen MR) is 209 cm³/mol. The zero-order chi connectivity index (χ0) is 39.0. The van der Waals surface area contributed by atoms with Crippen molar-refractivity contribution in [2.75, 3.05) is 13.2 Å². The molecule has 0 aliphatic heterocycles. The number of rotatable bonds is 11. The summed E-state index contributed by atoms with van der Waals surface area (Å²) in [6.45, 7) is 27.6. The average molecular weight is 764 g/mol. The van der Waals surface area contributed by atoms with Gasteiger partial charge in [-0.25, -0.2) is 9.78 Å². The Labute approximate surface area is 321 Å². The van der Waals surface area contributed by atoms with Crippen LogP contribution < -0.4 is 0 Å². The molecule has 10 nitrogen and oxygen atoms in total. The highest BCUT2D eigenvalue weighted by atomic mass is 35.5. The lowest BCUT2D eigenvalue weighted by Crippen LogP contribution is -2.64. The standard InChI is InChI=1S/C41H58ClN5O5Si/c1-26-17-31(45-46-34(26)42)33(48)30-14-13-28(32(44-30)35(49)52-36(3,4)5)29-18-43-47(27(29)2)25-40-20-38(9)19-39(10,21-40)23-41(22-38,24-40)50-15-16-51-53(11,12)37(6,7)8/h13-14,17-18H,15-16,19-25H2,1-12H3/t38-,39+,40?,41?. The van der Waals surface area contributed by atoms with Gasteiger partial charge in [0.1, 0.15) is 17.0 Å². The minimum atomic E-state index is -1.86. The topological polar surface area (TPSA) is 118 Å². The summed E-state index contributed by atoms with van der Waals surface area (Å²) in [5.74, 6) is -1.08. The molecule has 0 saturated heterocycles. The van der Waals surface area contributed by atoms with E-state index in [4.69, 9.17) is 30.6 Å². The third-order valence-corrected chi connectivity index (χ3v) is 17.1. The van der Waals surface area contributed by atoms with Gasteiger partial charge in [0, 0.05) is 23.4 Å². The summed E-state index contributed by atoms with van der Waals surface area (Å²) < 4.78 is 21.4. The van der Waals surface area contributed by atoms with Crippen LogP contribution in [0, 0.1) is 30.1 Å². The van der Waals surface area contributed by atoms with Crippen LogP contribution in [0.2, 0.25) is 23.3 Å². The lowest BCUT2D eigenvalue weighted by molar-refractivity contribution is -0.249. The largest absolute Gasteiger partial charge is 0.455 e. The first-order valence-electron chi connectivity index (χ1n) is 19.0. The molecule has 4 bridgehead atoms. The zero-order valence-electron chi connectivity index (χ0n) is 33.8. The Morgan fingerprint density at radius 3 is 2.15 bits per heavy atom. The third-order valence-electron chi connectivity index (χ3n) is 12.2. The maximum atomic E-state index is 13.7. The van der Waals surface area contributed by atoms with Gasteiger partial charge in [0.25, 0.3) is 0 Å². The van der Waals surface area contributed by atoms with Crippen LogP contribution in [-0.4, -0.2) is 69.4 Å². The quantitative estimate of drug-likeness (QED) is 0.0815. The van der Waals surface area contributed by atoms with E-state index in [0.717, 1.165) is 49.9 Å². The highest BCUT2D eigenvalue weighted by molar-refractivity contribution is 6.74. The molecule has 4 aliphatic rings. The van der Waals surface area contributed by atoms with Gasteiger partial charge in [-0.1, -0.05) is 46.2 Å². The second-order valence-corrected chi connectivity index (χ2v) is 24.9. The van der Waals surface area contributed by atoms with Crippen molar-refractivity contribution in [2.24, 2.45) is 16.2 Å². The number of carbonyl (C=O) groups is 2. The molecule has 3 aromatic rings. The Bertz CT molecular complexity index is 1910. The van der Waals surface area contributed by atoms with Crippen molar-refractivity contribution in [2.45, 2.75) is 144 Å². The van der Waals surface area contributed by atoms with Gasteiger partial charge in [0.05, 0.1) is 25.0 Å². The van der Waals surface area contributed by atoms with E-state index in [0.29, 0.717) is 24.3 Å². The summed E-state index contributed by atoms with van der Waals surface area (Å²) in [4.78, 5) is 31.8. The summed E-state index contributed by atoms with van der Waals surface area (Å²) in [6.07, 6.45) is 8.44. The molecule has 4 aliphatic carbocycles. The van der Waals surface area contributed by atoms with Gasteiger partial charge < -0.3 is 13.9 Å². The number of hydrogen-bond acceptors (Lipinski definition) is 9. The Kier molecular flexibility index (Phi) is 9.99. The minimum absolute atomic E-state index is 0.0207. The number of esters is 1. The molecular weight excluding hydrogens is 706 g/mol. The molecule has 2 unspecified atom stereocenters. The number of aryl methyl sites for hydroxylation is 1. The smallest absolute Gasteiger partial charge is 0.358 e. The number of nitrogens with zero attached hydrogens (tertiary/aromatic N) is 5. The Balaban J connectivity index is 1.29. The maximum Gasteiger partial charge on any atom is 0.358 e. The number of hydrogen-bond donors (Lipinski definition) is 0. The Morgan fingerprint density at radius 1 is 0.887 bits per heavy atom. The van der Waals surface area contributed by atoms with Gasteiger partial charge in [0.15, 0.2) is 19.2 Å². The monoisotopic (exact) mass is 763 g/mol. The van der Waals surface area contributed by atoms with Crippen molar-refractivity contribution in [3.05, 3.63) is 57.9 Å². The van der Waals surface area contributed by atoms with Gasteiger partial charge in [-0.15, -0.1) is 10.2 Å². The zero-order valence-corrected chi connectivity index (χ0v) is 35.6. The fourth-order valence-corrected chi connectivity index (χ4v) is 11.2. The van der Waals surface area contributed by atoms with Gasteiger partial charge >= 0.3 is 5.97 Å². The molecule has 7 rings (SSSR count). The number of carbonyl (C=O) groups excluding carboxylic acids is 2. The first-order chi connectivity index (χ1) is 24.4. The molecule has 4 atom stereocenters. The van der Waals surface area contributed by atoms with Crippen molar-refractivity contribution in [1.82, 2.24) is 25.0 Å². The molecule has 3 heterocycles. The second kappa shape index (κ2) is 13.3. The SMILES string of the molecule is Cc1cc(C(=O)c2ccc(-c3cnn(CC45CC6(OCCO[Si](C)(C)C(C)(C)C)C[C@](C)(C4)C[C@](C)(C5)C6)c3C)c(C(=O)OC(C)(C)C)n2)nnc1Cl. The lowest BCUT2D eigenvalue weighted by Gasteiger charge is -2.69. The van der Waals surface area contributed by atoms with Gasteiger partial charge in [0.2, 0.25) is 5.78 Å². The molecule has 4 saturated carbocycles. The Morgan fingerprint density at radius 2 is 1.55 bits per heavy atom. The molecule has 0 aromatic carbocycles. The van der Waals surface area contributed by atoms with Crippen molar-refractivity contribution in [3.63, 3.8) is 0 Å². The molecule has 53 heavy (non-hydrogen) atoms. The van der Waals surface area contributed by atoms with E-state index in [2.05, 4.69) is 67.6 Å². The van der Waals surface area contributed by atoms with Crippen molar-refractivity contribution in [3.8, 4) is 11.1 Å². The second-order valence-electron chi connectivity index (χ2n) is 19.8. The molecule has 3 aromatic heterocycles. The molecule has 4 fully saturated rings. The van der Waals surface area contributed by atoms with Crippen molar-refractivity contribution < 1.29 is 23.5 Å². The van der Waals surface area contributed by atoms with E-state index in [1.54, 1.807) is 45.9 Å². The van der Waals surface area contributed by atoms with Crippen LogP contribution in [0.3, 0.4) is 0 Å². The molecular formula is C41H58ClN5O5Si. The normalized spacial score (nSPS) is 27.0. The minimum Gasteiger partial charge on any atom is -0.455 e. The van der Waals surface area contributed by atoms with Crippen molar-refractivity contribution >= 4 is 31.7 Å². The van der Waals surface area contributed by atoms with Crippen LogP contribution in [0.5, 0.6) is 0 Å². The van der Waals surface area contributed by atoms with Crippen LogP contribution in [0.25, 0.3) is 11.1 Å². The van der Waals surface area contributed by atoms with Crippen LogP contribution in [0.15, 0.2) is 24.4 Å². The molecule has 12 heteroatoms. The van der Waals surface area contributed by atoms with E-state index in [9.17, 15) is 9.59 Å². The molecule has 288 valence electrons. The van der Waals surface area contributed by atoms with E-state index in [-0.39, 0.29) is 49.1 Å². The fraction of sp³-hybridized carbons (Fsp3) is 0.659. The first kappa shape index (κ1) is 39.7. The predicted octanol–water partition coefficient (Wildman–Crippen LogP) is 9.35. The van der Waals surface area contributed by atoms with E-state index in [1.807, 2.05) is 13.1 Å². The molecule has 0 spiro atoms. The number of pyridine rings is 1. The summed E-state index contributed by atoms with van der Waals surface area (Å²) in [6, 6.07) is 4.94. The number of aromatic nitrogens is 5. The van der Waals surface area contributed by atoms with Crippen molar-refractivity contribution in [1.29, 1.82) is 0 Å². The van der Waals surface area contributed by atoms with Gasteiger partial charge in [-0.2, -0.15) is 5.10 Å². The van der Waals surface area contributed by atoms with Gasteiger partial charge in [-0.05, 0) is 131 Å². The van der Waals surface area contributed by atoms with Crippen LogP contribution in [0.4, 0.5) is 0 Å². The molecule has 0 radical (unpaired) electrons. The van der Waals surface area contributed by atoms with Crippen LogP contribution >= 0.6 is 11.6 Å². The number of ether oxygens (including phenoxy) is 2. The molecule has 0 N–H and O–H groups in total. The third kappa shape index (κ3) is 8.05. The summed E-state index contributed by atoms with van der Waals surface area (Å²) in [5.41, 5.74) is 2.54. The highest BCUT2D eigenvalue weighted by Crippen LogP contribution is 2.72. The lowest BCUT2D eigenvalue weighted by atomic mass is 9.39. The number of halogens is 1. The summed E-state index contributed by atoms with van der Waals surface area (Å²) >= 11 is 6.06. The van der Waals surface area contributed by atoms with Crippen LogP contribution in [-0.2, 0) is 20.4 Å². The van der Waals surface area contributed by atoms with E-state index in [1.165, 1.54) is 6.42 Å². The van der Waals surface area contributed by atoms with E-state index >= 15 is 0 Å². The summed E-state index contributed by atoms with van der Waals surface area (Å²) in [5, 5.41) is 13.2. The Hall–Kier alpha value is -2.99. The van der Waals surface area contributed by atoms with Gasteiger partial charge in [-0.3, -0.25) is 9.48 Å². The molecule has 0 amide bonds. The highest BCUT2D eigenvalue weighted by Gasteiger charge is 2.66. The number of ketones is 1. The van der Waals surface area contributed by atoms with Crippen LogP contribution in [0.1, 0.15) is 132 Å². The van der Waals surface area contributed by atoms with E-state index < -0.39 is 25.7 Å². The summed E-state index contributed by atoms with van der Waals surface area (Å²) in [7, 11) is -1.86.